The Hall–Kier alpha value is -2.82. The predicted octanol–water partition coefficient (Wildman–Crippen LogP) is 3.83. The number of aromatic hydroxyl groups is 1. The molecular formula is C17H16O5. The van der Waals surface area contributed by atoms with E-state index in [9.17, 15) is 5.11 Å². The van der Waals surface area contributed by atoms with Gasteiger partial charge >= 0.3 is 0 Å². The molecule has 0 aliphatic heterocycles. The van der Waals surface area contributed by atoms with Crippen molar-refractivity contribution in [1.82, 2.24) is 0 Å². The van der Waals surface area contributed by atoms with Crippen molar-refractivity contribution in [2.75, 3.05) is 21.3 Å². The van der Waals surface area contributed by atoms with Crippen LogP contribution in [0.2, 0.25) is 0 Å². The Kier molecular flexibility index (Phi) is 3.55. The molecule has 3 aromatic rings. The quantitative estimate of drug-likeness (QED) is 0.793. The molecular weight excluding hydrogens is 284 g/mol. The van der Waals surface area contributed by atoms with Crippen LogP contribution in [0.4, 0.5) is 0 Å². The second-order valence-corrected chi connectivity index (χ2v) is 4.75. The molecule has 0 radical (unpaired) electrons. The number of rotatable bonds is 4. The lowest BCUT2D eigenvalue weighted by Crippen LogP contribution is -1.88. The summed E-state index contributed by atoms with van der Waals surface area (Å²) in [5, 5.41) is 10.7. The van der Waals surface area contributed by atoms with Crippen LogP contribution in [-0.2, 0) is 0 Å². The summed E-state index contributed by atoms with van der Waals surface area (Å²) >= 11 is 0. The third-order valence-corrected chi connectivity index (χ3v) is 3.46. The van der Waals surface area contributed by atoms with E-state index < -0.39 is 0 Å². The molecule has 1 N–H and O–H groups in total. The van der Waals surface area contributed by atoms with Crippen molar-refractivity contribution >= 4 is 11.0 Å². The van der Waals surface area contributed by atoms with Crippen LogP contribution in [0.25, 0.3) is 22.3 Å². The van der Waals surface area contributed by atoms with Crippen LogP contribution in [-0.4, -0.2) is 26.4 Å². The van der Waals surface area contributed by atoms with Gasteiger partial charge in [-0.25, -0.2) is 0 Å². The molecule has 0 aliphatic rings. The van der Waals surface area contributed by atoms with Crippen LogP contribution >= 0.6 is 0 Å². The van der Waals surface area contributed by atoms with Crippen LogP contribution in [0.15, 0.2) is 40.8 Å². The molecule has 0 unspecified atom stereocenters. The number of fused-ring (bicyclic) bond motifs is 1. The van der Waals surface area contributed by atoms with Crippen LogP contribution in [0.5, 0.6) is 23.0 Å². The number of phenolic OH excluding ortho intramolecular Hbond substituents is 1. The molecule has 5 heteroatoms. The van der Waals surface area contributed by atoms with Gasteiger partial charge in [-0.3, -0.25) is 0 Å². The third kappa shape index (κ3) is 2.30. The highest BCUT2D eigenvalue weighted by Gasteiger charge is 2.15. The van der Waals surface area contributed by atoms with E-state index in [1.807, 2.05) is 18.2 Å². The Morgan fingerprint density at radius 1 is 0.864 bits per heavy atom. The molecule has 3 rings (SSSR count). The molecule has 0 saturated heterocycles. The zero-order valence-electron chi connectivity index (χ0n) is 12.5. The van der Waals surface area contributed by atoms with Gasteiger partial charge < -0.3 is 23.7 Å². The van der Waals surface area contributed by atoms with Gasteiger partial charge in [0.2, 0.25) is 5.75 Å². The molecule has 114 valence electrons. The second-order valence-electron chi connectivity index (χ2n) is 4.75. The van der Waals surface area contributed by atoms with Gasteiger partial charge in [0.1, 0.15) is 17.3 Å². The van der Waals surface area contributed by atoms with E-state index in [2.05, 4.69) is 0 Å². The minimum atomic E-state index is 0.0409. The van der Waals surface area contributed by atoms with Gasteiger partial charge in [-0.1, -0.05) is 0 Å². The number of hydrogen-bond acceptors (Lipinski definition) is 5. The maximum Gasteiger partial charge on any atom is 0.204 e. The van der Waals surface area contributed by atoms with Crippen molar-refractivity contribution in [2.45, 2.75) is 0 Å². The van der Waals surface area contributed by atoms with Gasteiger partial charge in [0.25, 0.3) is 0 Å². The second kappa shape index (κ2) is 5.52. The lowest BCUT2D eigenvalue weighted by atomic mass is 10.1. The lowest BCUT2D eigenvalue weighted by Gasteiger charge is -2.06. The number of methoxy groups -OCH3 is 3. The Bertz CT molecular complexity index is 797. The van der Waals surface area contributed by atoms with Crippen molar-refractivity contribution in [1.29, 1.82) is 0 Å². The molecule has 0 fully saturated rings. The average molecular weight is 300 g/mol. The van der Waals surface area contributed by atoms with Crippen LogP contribution < -0.4 is 14.2 Å². The summed E-state index contributed by atoms with van der Waals surface area (Å²) in [6.45, 7) is 0. The standard InChI is InChI=1S/C17H16O5/c1-19-12-6-11(7-13(9-12)20-2)15-8-10-4-5-14(18)17(21-3)16(10)22-15/h4-9,18H,1-3H3. The number of phenols is 1. The molecule has 0 saturated carbocycles. The summed E-state index contributed by atoms with van der Waals surface area (Å²) in [6, 6.07) is 10.7. The first-order valence-electron chi connectivity index (χ1n) is 6.69. The average Bonchev–Trinajstić information content (AvgIpc) is 2.98. The smallest absolute Gasteiger partial charge is 0.204 e. The largest absolute Gasteiger partial charge is 0.504 e. The number of benzene rings is 2. The van der Waals surface area contributed by atoms with Gasteiger partial charge in [-0.05, 0) is 30.3 Å². The summed E-state index contributed by atoms with van der Waals surface area (Å²) in [5.41, 5.74) is 1.31. The normalized spacial score (nSPS) is 10.7. The van der Waals surface area contributed by atoms with Gasteiger partial charge in [-0.2, -0.15) is 0 Å². The number of ether oxygens (including phenoxy) is 3. The first-order valence-corrected chi connectivity index (χ1v) is 6.69. The summed E-state index contributed by atoms with van der Waals surface area (Å²) in [7, 11) is 4.68. The molecule has 0 spiro atoms. The van der Waals surface area contributed by atoms with E-state index in [4.69, 9.17) is 18.6 Å². The van der Waals surface area contributed by atoms with Gasteiger partial charge in [0.15, 0.2) is 11.3 Å². The zero-order chi connectivity index (χ0) is 15.7. The van der Waals surface area contributed by atoms with E-state index >= 15 is 0 Å². The fourth-order valence-electron chi connectivity index (χ4n) is 2.36. The summed E-state index contributed by atoms with van der Waals surface area (Å²) < 4.78 is 21.6. The first-order chi connectivity index (χ1) is 10.7. The molecule has 0 amide bonds. The SMILES string of the molecule is COc1cc(OC)cc(-c2cc3ccc(O)c(OC)c3o2)c1. The molecule has 0 aliphatic carbocycles. The molecule has 1 aromatic heterocycles. The van der Waals surface area contributed by atoms with Crippen molar-refractivity contribution in [3.8, 4) is 34.3 Å². The van der Waals surface area contributed by atoms with Crippen molar-refractivity contribution < 1.29 is 23.7 Å². The highest BCUT2D eigenvalue weighted by molar-refractivity contribution is 5.89. The van der Waals surface area contributed by atoms with Gasteiger partial charge in [0, 0.05) is 17.0 Å². The van der Waals surface area contributed by atoms with E-state index in [-0.39, 0.29) is 5.75 Å². The highest BCUT2D eigenvalue weighted by Crippen LogP contribution is 2.40. The first kappa shape index (κ1) is 14.1. The highest BCUT2D eigenvalue weighted by atomic mass is 16.5. The monoisotopic (exact) mass is 300 g/mol. The Morgan fingerprint density at radius 2 is 1.55 bits per heavy atom. The lowest BCUT2D eigenvalue weighted by molar-refractivity contribution is 0.371. The van der Waals surface area contributed by atoms with Crippen LogP contribution in [0, 0.1) is 0 Å². The number of furan rings is 1. The topological polar surface area (TPSA) is 61.1 Å². The third-order valence-electron chi connectivity index (χ3n) is 3.46. The minimum Gasteiger partial charge on any atom is -0.504 e. The molecule has 1 heterocycles. The number of hydrogen-bond donors (Lipinski definition) is 1. The van der Waals surface area contributed by atoms with Crippen LogP contribution in [0.1, 0.15) is 0 Å². The van der Waals surface area contributed by atoms with E-state index in [1.54, 1.807) is 32.4 Å². The van der Waals surface area contributed by atoms with Gasteiger partial charge in [-0.15, -0.1) is 0 Å². The van der Waals surface area contributed by atoms with Crippen LogP contribution in [0.3, 0.4) is 0 Å². The van der Waals surface area contributed by atoms with E-state index in [0.29, 0.717) is 28.6 Å². The van der Waals surface area contributed by atoms with Crippen molar-refractivity contribution in [3.05, 3.63) is 36.4 Å². The molecule has 0 bridgehead atoms. The predicted molar refractivity (Wildman–Crippen MR) is 83.0 cm³/mol. The summed E-state index contributed by atoms with van der Waals surface area (Å²) in [4.78, 5) is 0. The Balaban J connectivity index is 2.18. The fourth-order valence-corrected chi connectivity index (χ4v) is 2.36. The summed E-state index contributed by atoms with van der Waals surface area (Å²) in [6.07, 6.45) is 0. The molecule has 5 nitrogen and oxygen atoms in total. The summed E-state index contributed by atoms with van der Waals surface area (Å²) in [5.74, 6) is 2.34. The van der Waals surface area contributed by atoms with E-state index in [1.165, 1.54) is 7.11 Å². The van der Waals surface area contributed by atoms with E-state index in [0.717, 1.165) is 10.9 Å². The van der Waals surface area contributed by atoms with Crippen molar-refractivity contribution in [3.63, 3.8) is 0 Å². The molecule has 22 heavy (non-hydrogen) atoms. The zero-order valence-corrected chi connectivity index (χ0v) is 12.5. The Labute approximate surface area is 127 Å². The fraction of sp³-hybridized carbons (Fsp3) is 0.176. The molecule has 2 aromatic carbocycles. The molecule has 0 atom stereocenters. The minimum absolute atomic E-state index is 0.0409. The van der Waals surface area contributed by atoms with Gasteiger partial charge in [0.05, 0.1) is 21.3 Å². The van der Waals surface area contributed by atoms with Crippen molar-refractivity contribution in [2.24, 2.45) is 0 Å². The Morgan fingerprint density at radius 3 is 2.14 bits per heavy atom. The maximum atomic E-state index is 9.83. The maximum absolute atomic E-state index is 9.83.